The van der Waals surface area contributed by atoms with Crippen LogP contribution in [0.25, 0.3) is 11.1 Å². The van der Waals surface area contributed by atoms with Gasteiger partial charge < -0.3 is 10.1 Å². The first-order valence-electron chi connectivity index (χ1n) is 10.5. The molecule has 1 aliphatic rings. The van der Waals surface area contributed by atoms with Crippen molar-refractivity contribution in [3.8, 4) is 16.9 Å². The van der Waals surface area contributed by atoms with Gasteiger partial charge in [0.05, 0.1) is 12.0 Å². The molecule has 1 aromatic heterocycles. The highest BCUT2D eigenvalue weighted by Gasteiger charge is 2.21. The van der Waals surface area contributed by atoms with Gasteiger partial charge in [-0.3, -0.25) is 9.69 Å². The molecule has 2 aromatic carbocycles. The van der Waals surface area contributed by atoms with Crippen molar-refractivity contribution < 1.29 is 9.53 Å². The largest absolute Gasteiger partial charge is 0.497 e. The molecule has 0 aliphatic carbocycles. The van der Waals surface area contributed by atoms with E-state index < -0.39 is 0 Å². The van der Waals surface area contributed by atoms with Crippen LogP contribution in [0, 0.1) is 5.92 Å². The third-order valence-corrected chi connectivity index (χ3v) is 6.69. The Balaban J connectivity index is 1.25. The fourth-order valence-corrected chi connectivity index (χ4v) is 4.82. The lowest BCUT2D eigenvalue weighted by atomic mass is 9.96. The quantitative estimate of drug-likeness (QED) is 0.580. The molecule has 0 radical (unpaired) electrons. The number of methoxy groups -OCH3 is 1. The van der Waals surface area contributed by atoms with Crippen LogP contribution in [0.1, 0.15) is 28.1 Å². The van der Waals surface area contributed by atoms with E-state index in [2.05, 4.69) is 34.5 Å². The molecule has 1 fully saturated rings. The van der Waals surface area contributed by atoms with Crippen molar-refractivity contribution in [2.75, 3.05) is 26.7 Å². The summed E-state index contributed by atoms with van der Waals surface area (Å²) in [6.07, 6.45) is 2.23. The highest BCUT2D eigenvalue weighted by atomic mass is 32.1. The molecule has 1 saturated heterocycles. The number of nitrogens with zero attached hydrogens (tertiary/aromatic N) is 1. The van der Waals surface area contributed by atoms with Gasteiger partial charge in [-0.25, -0.2) is 0 Å². The molecule has 3 aromatic rings. The summed E-state index contributed by atoms with van der Waals surface area (Å²) in [5, 5.41) is 5.18. The Morgan fingerprint density at radius 1 is 1.07 bits per heavy atom. The Kier molecular flexibility index (Phi) is 6.82. The summed E-state index contributed by atoms with van der Waals surface area (Å²) in [7, 11) is 1.69. The van der Waals surface area contributed by atoms with Crippen molar-refractivity contribution in [2.24, 2.45) is 5.92 Å². The maximum atomic E-state index is 12.8. The second-order valence-electron chi connectivity index (χ2n) is 7.81. The van der Waals surface area contributed by atoms with Gasteiger partial charge in [0.15, 0.2) is 0 Å². The van der Waals surface area contributed by atoms with E-state index in [0.29, 0.717) is 5.92 Å². The van der Waals surface area contributed by atoms with Crippen molar-refractivity contribution in [1.29, 1.82) is 0 Å². The first kappa shape index (κ1) is 20.6. The van der Waals surface area contributed by atoms with Gasteiger partial charge in [0.2, 0.25) is 0 Å². The summed E-state index contributed by atoms with van der Waals surface area (Å²) in [6, 6.07) is 20.5. The average Bonchev–Trinajstić information content (AvgIpc) is 3.30. The maximum absolute atomic E-state index is 12.8. The van der Waals surface area contributed by atoms with Crippen molar-refractivity contribution in [3.63, 3.8) is 0 Å². The number of hydrogen-bond donors (Lipinski definition) is 1. The standard InChI is InChI=1S/C25H28N2O2S/c1-29-22-9-7-20(8-10-22)18-27-14-11-19(12-15-27)17-26-25(28)24-23(13-16-30-24)21-5-3-2-4-6-21/h2-10,13,16,19H,11-12,14-15,17-18H2,1H3,(H,26,28). The first-order chi connectivity index (χ1) is 14.7. The van der Waals surface area contributed by atoms with Crippen LogP contribution in [0.5, 0.6) is 5.75 Å². The molecule has 30 heavy (non-hydrogen) atoms. The van der Waals surface area contributed by atoms with Gasteiger partial charge >= 0.3 is 0 Å². The number of rotatable bonds is 7. The van der Waals surface area contributed by atoms with E-state index >= 15 is 0 Å². The first-order valence-corrected chi connectivity index (χ1v) is 11.4. The van der Waals surface area contributed by atoms with Crippen LogP contribution in [0.15, 0.2) is 66.0 Å². The lowest BCUT2D eigenvalue weighted by Crippen LogP contribution is -2.38. The lowest BCUT2D eigenvalue weighted by molar-refractivity contribution is 0.0940. The monoisotopic (exact) mass is 420 g/mol. The van der Waals surface area contributed by atoms with E-state index in [1.165, 1.54) is 16.9 Å². The Bertz CT molecular complexity index is 945. The van der Waals surface area contributed by atoms with Gasteiger partial charge in [0.1, 0.15) is 5.75 Å². The summed E-state index contributed by atoms with van der Waals surface area (Å²) in [5.41, 5.74) is 3.43. The molecule has 1 aliphatic heterocycles. The number of amides is 1. The highest BCUT2D eigenvalue weighted by molar-refractivity contribution is 7.12. The van der Waals surface area contributed by atoms with Crippen LogP contribution in [0.2, 0.25) is 0 Å². The molecule has 0 spiro atoms. The number of likely N-dealkylation sites (tertiary alicyclic amines) is 1. The van der Waals surface area contributed by atoms with Gasteiger partial charge in [0.25, 0.3) is 5.91 Å². The van der Waals surface area contributed by atoms with E-state index in [0.717, 1.165) is 60.8 Å². The summed E-state index contributed by atoms with van der Waals surface area (Å²) in [4.78, 5) is 16.1. The maximum Gasteiger partial charge on any atom is 0.261 e. The summed E-state index contributed by atoms with van der Waals surface area (Å²) < 4.78 is 5.23. The number of nitrogens with one attached hydrogen (secondary N) is 1. The molecule has 0 atom stereocenters. The van der Waals surface area contributed by atoms with Gasteiger partial charge in [-0.05, 0) is 66.6 Å². The molecule has 4 nitrogen and oxygen atoms in total. The van der Waals surface area contributed by atoms with E-state index in [9.17, 15) is 4.79 Å². The molecular formula is C25H28N2O2S. The van der Waals surface area contributed by atoms with Crippen molar-refractivity contribution in [1.82, 2.24) is 10.2 Å². The number of carbonyl (C=O) groups is 1. The Morgan fingerprint density at radius 3 is 2.50 bits per heavy atom. The molecule has 2 heterocycles. The highest BCUT2D eigenvalue weighted by Crippen LogP contribution is 2.28. The molecule has 0 saturated carbocycles. The van der Waals surface area contributed by atoms with Crippen LogP contribution < -0.4 is 10.1 Å². The van der Waals surface area contributed by atoms with Crippen LogP contribution >= 0.6 is 11.3 Å². The van der Waals surface area contributed by atoms with Gasteiger partial charge in [0, 0.05) is 18.7 Å². The third-order valence-electron chi connectivity index (χ3n) is 5.78. The number of ether oxygens (including phenoxy) is 1. The van der Waals surface area contributed by atoms with Gasteiger partial charge in [-0.15, -0.1) is 11.3 Å². The minimum Gasteiger partial charge on any atom is -0.497 e. The van der Waals surface area contributed by atoms with Gasteiger partial charge in [-0.1, -0.05) is 42.5 Å². The molecule has 0 bridgehead atoms. The normalized spacial score (nSPS) is 15.1. The van der Waals surface area contributed by atoms with Crippen LogP contribution in [-0.4, -0.2) is 37.6 Å². The van der Waals surface area contributed by atoms with Crippen molar-refractivity contribution >= 4 is 17.2 Å². The minimum atomic E-state index is 0.0458. The fourth-order valence-electron chi connectivity index (χ4n) is 3.99. The van der Waals surface area contributed by atoms with E-state index in [-0.39, 0.29) is 5.91 Å². The van der Waals surface area contributed by atoms with Crippen molar-refractivity contribution in [2.45, 2.75) is 19.4 Å². The summed E-state index contributed by atoms with van der Waals surface area (Å²) in [5.74, 6) is 1.49. The van der Waals surface area contributed by atoms with E-state index in [1.54, 1.807) is 7.11 Å². The minimum absolute atomic E-state index is 0.0458. The zero-order valence-corrected chi connectivity index (χ0v) is 18.2. The number of hydrogen-bond acceptors (Lipinski definition) is 4. The second kappa shape index (κ2) is 9.92. The topological polar surface area (TPSA) is 41.6 Å². The van der Waals surface area contributed by atoms with Crippen LogP contribution in [0.4, 0.5) is 0 Å². The molecule has 0 unspecified atom stereocenters. The fraction of sp³-hybridized carbons (Fsp3) is 0.320. The van der Waals surface area contributed by atoms with E-state index in [4.69, 9.17) is 4.74 Å². The van der Waals surface area contributed by atoms with E-state index in [1.807, 2.05) is 41.8 Å². The van der Waals surface area contributed by atoms with Gasteiger partial charge in [-0.2, -0.15) is 0 Å². The Labute approximate surface area is 182 Å². The smallest absolute Gasteiger partial charge is 0.261 e. The molecule has 5 heteroatoms. The Morgan fingerprint density at radius 2 is 1.80 bits per heavy atom. The zero-order valence-electron chi connectivity index (χ0n) is 17.3. The van der Waals surface area contributed by atoms with Crippen molar-refractivity contribution in [3.05, 3.63) is 76.5 Å². The SMILES string of the molecule is COc1ccc(CN2CCC(CNC(=O)c3sccc3-c3ccccc3)CC2)cc1. The second-order valence-corrected chi connectivity index (χ2v) is 8.72. The van der Waals surface area contributed by atoms with Crippen LogP contribution in [-0.2, 0) is 6.54 Å². The number of carbonyl (C=O) groups excluding carboxylic acids is 1. The lowest BCUT2D eigenvalue weighted by Gasteiger charge is -2.32. The summed E-state index contributed by atoms with van der Waals surface area (Å²) in [6.45, 7) is 3.86. The molecule has 156 valence electrons. The third kappa shape index (κ3) is 5.10. The Hall–Kier alpha value is -2.63. The summed E-state index contributed by atoms with van der Waals surface area (Å²) >= 11 is 1.51. The molecular weight excluding hydrogens is 392 g/mol. The number of thiophene rings is 1. The molecule has 1 amide bonds. The molecule has 4 rings (SSSR count). The predicted octanol–water partition coefficient (Wildman–Crippen LogP) is 5.07. The number of piperidine rings is 1. The molecule has 1 N–H and O–H groups in total. The number of benzene rings is 2. The zero-order chi connectivity index (χ0) is 20.8. The van der Waals surface area contributed by atoms with Crippen LogP contribution in [0.3, 0.4) is 0 Å². The average molecular weight is 421 g/mol. The predicted molar refractivity (Wildman–Crippen MR) is 123 cm³/mol.